The SMILES string of the molecule is CSc1ccc(NC(=O)c2cc(Cl)ncc2N)cc1. The third kappa shape index (κ3) is 3.39. The Hall–Kier alpha value is -1.72. The zero-order valence-electron chi connectivity index (χ0n) is 10.2. The van der Waals surface area contributed by atoms with Crippen molar-refractivity contribution in [1.82, 2.24) is 4.98 Å². The van der Waals surface area contributed by atoms with Crippen molar-refractivity contribution in [2.45, 2.75) is 4.90 Å². The number of carbonyl (C=O) groups excluding carboxylic acids is 1. The summed E-state index contributed by atoms with van der Waals surface area (Å²) < 4.78 is 0. The summed E-state index contributed by atoms with van der Waals surface area (Å²) in [5.41, 5.74) is 7.02. The monoisotopic (exact) mass is 293 g/mol. The van der Waals surface area contributed by atoms with E-state index in [2.05, 4.69) is 10.3 Å². The Morgan fingerprint density at radius 3 is 2.68 bits per heavy atom. The smallest absolute Gasteiger partial charge is 0.257 e. The fraction of sp³-hybridized carbons (Fsp3) is 0.0769. The number of rotatable bonds is 3. The third-order valence-corrected chi connectivity index (χ3v) is 3.44. The molecular weight excluding hydrogens is 282 g/mol. The number of nitrogens with two attached hydrogens (primary N) is 1. The van der Waals surface area contributed by atoms with E-state index in [0.717, 1.165) is 4.90 Å². The fourth-order valence-corrected chi connectivity index (χ4v) is 2.08. The number of halogens is 1. The molecule has 98 valence electrons. The zero-order chi connectivity index (χ0) is 13.8. The minimum absolute atomic E-state index is 0.233. The molecule has 0 fully saturated rings. The number of nitrogens with zero attached hydrogens (tertiary/aromatic N) is 1. The minimum atomic E-state index is -0.307. The number of thioether (sulfide) groups is 1. The highest BCUT2D eigenvalue weighted by Gasteiger charge is 2.11. The van der Waals surface area contributed by atoms with Crippen molar-refractivity contribution in [3.05, 3.63) is 47.2 Å². The van der Waals surface area contributed by atoms with Crippen molar-refractivity contribution in [3.63, 3.8) is 0 Å². The van der Waals surface area contributed by atoms with Gasteiger partial charge in [0.1, 0.15) is 5.15 Å². The molecule has 1 aromatic carbocycles. The van der Waals surface area contributed by atoms with Gasteiger partial charge >= 0.3 is 0 Å². The molecule has 0 radical (unpaired) electrons. The highest BCUT2D eigenvalue weighted by Crippen LogP contribution is 2.20. The van der Waals surface area contributed by atoms with E-state index in [9.17, 15) is 4.79 Å². The average Bonchev–Trinajstić information content (AvgIpc) is 2.42. The van der Waals surface area contributed by atoms with E-state index in [1.54, 1.807) is 11.8 Å². The lowest BCUT2D eigenvalue weighted by Crippen LogP contribution is -2.14. The first-order valence-electron chi connectivity index (χ1n) is 5.46. The summed E-state index contributed by atoms with van der Waals surface area (Å²) in [5, 5.41) is 3.00. The summed E-state index contributed by atoms with van der Waals surface area (Å²) in [7, 11) is 0. The number of anilines is 2. The van der Waals surface area contributed by atoms with Gasteiger partial charge in [-0.05, 0) is 36.6 Å². The van der Waals surface area contributed by atoms with Gasteiger partial charge in [-0.1, -0.05) is 11.6 Å². The quantitative estimate of drug-likeness (QED) is 0.673. The Labute approximate surface area is 120 Å². The van der Waals surface area contributed by atoms with E-state index >= 15 is 0 Å². The molecule has 0 aliphatic carbocycles. The second-order valence-corrected chi connectivity index (χ2v) is 5.04. The lowest BCUT2D eigenvalue weighted by Gasteiger charge is -2.08. The number of nitrogen functional groups attached to an aromatic ring is 1. The van der Waals surface area contributed by atoms with Gasteiger partial charge in [-0.2, -0.15) is 0 Å². The van der Waals surface area contributed by atoms with Crippen molar-refractivity contribution in [2.75, 3.05) is 17.3 Å². The zero-order valence-corrected chi connectivity index (χ0v) is 11.8. The molecule has 1 aromatic heterocycles. The predicted molar refractivity (Wildman–Crippen MR) is 79.8 cm³/mol. The number of pyridine rings is 1. The molecule has 2 rings (SSSR count). The summed E-state index contributed by atoms with van der Waals surface area (Å²) >= 11 is 7.39. The van der Waals surface area contributed by atoms with Crippen LogP contribution in [-0.2, 0) is 0 Å². The van der Waals surface area contributed by atoms with Crippen molar-refractivity contribution in [1.29, 1.82) is 0 Å². The number of nitrogens with one attached hydrogen (secondary N) is 1. The maximum Gasteiger partial charge on any atom is 0.257 e. The second-order valence-electron chi connectivity index (χ2n) is 3.78. The van der Waals surface area contributed by atoms with Gasteiger partial charge in [0.05, 0.1) is 17.4 Å². The number of benzene rings is 1. The van der Waals surface area contributed by atoms with Crippen LogP contribution in [-0.4, -0.2) is 17.1 Å². The first kappa shape index (κ1) is 13.7. The van der Waals surface area contributed by atoms with Crippen LogP contribution in [0.1, 0.15) is 10.4 Å². The van der Waals surface area contributed by atoms with E-state index in [-0.39, 0.29) is 11.1 Å². The minimum Gasteiger partial charge on any atom is -0.397 e. The van der Waals surface area contributed by atoms with Crippen LogP contribution in [0.3, 0.4) is 0 Å². The number of amides is 1. The molecule has 6 heteroatoms. The van der Waals surface area contributed by atoms with E-state index in [1.165, 1.54) is 12.3 Å². The van der Waals surface area contributed by atoms with Crippen LogP contribution in [0, 0.1) is 0 Å². The van der Waals surface area contributed by atoms with Crippen LogP contribution >= 0.6 is 23.4 Å². The van der Waals surface area contributed by atoms with Crippen molar-refractivity contribution < 1.29 is 4.79 Å². The van der Waals surface area contributed by atoms with E-state index in [4.69, 9.17) is 17.3 Å². The fourth-order valence-electron chi connectivity index (χ4n) is 1.51. The van der Waals surface area contributed by atoms with E-state index in [0.29, 0.717) is 16.9 Å². The molecule has 2 aromatic rings. The Bertz CT molecular complexity index is 601. The number of hydrogen-bond donors (Lipinski definition) is 2. The predicted octanol–water partition coefficient (Wildman–Crippen LogP) is 3.29. The Morgan fingerprint density at radius 1 is 1.37 bits per heavy atom. The van der Waals surface area contributed by atoms with Crippen molar-refractivity contribution >= 4 is 40.6 Å². The van der Waals surface area contributed by atoms with Crippen LogP contribution in [0.4, 0.5) is 11.4 Å². The molecule has 0 saturated heterocycles. The topological polar surface area (TPSA) is 68.0 Å². The molecule has 0 saturated carbocycles. The molecule has 0 aliphatic heterocycles. The summed E-state index contributed by atoms with van der Waals surface area (Å²) in [4.78, 5) is 17.0. The van der Waals surface area contributed by atoms with Crippen LogP contribution in [0.5, 0.6) is 0 Å². The molecule has 0 atom stereocenters. The van der Waals surface area contributed by atoms with Gasteiger partial charge in [-0.25, -0.2) is 4.98 Å². The second kappa shape index (κ2) is 5.95. The third-order valence-electron chi connectivity index (χ3n) is 2.49. The van der Waals surface area contributed by atoms with Crippen LogP contribution in [0.2, 0.25) is 5.15 Å². The first-order chi connectivity index (χ1) is 9.10. The molecule has 4 nitrogen and oxygen atoms in total. The highest BCUT2D eigenvalue weighted by molar-refractivity contribution is 7.98. The van der Waals surface area contributed by atoms with Gasteiger partial charge in [0, 0.05) is 10.6 Å². The van der Waals surface area contributed by atoms with Crippen LogP contribution < -0.4 is 11.1 Å². The van der Waals surface area contributed by atoms with Gasteiger partial charge in [0.25, 0.3) is 5.91 Å². The van der Waals surface area contributed by atoms with Crippen molar-refractivity contribution in [3.8, 4) is 0 Å². The Kier molecular flexibility index (Phi) is 4.29. The summed E-state index contributed by atoms with van der Waals surface area (Å²) in [5.74, 6) is -0.307. The standard InChI is InChI=1S/C13H12ClN3OS/c1-19-9-4-2-8(3-5-9)17-13(18)10-6-12(14)16-7-11(10)15/h2-7H,15H2,1H3,(H,17,18). The number of aromatic nitrogens is 1. The highest BCUT2D eigenvalue weighted by atomic mass is 35.5. The molecule has 0 aliphatic rings. The molecule has 0 bridgehead atoms. The van der Waals surface area contributed by atoms with E-state index in [1.807, 2.05) is 30.5 Å². The van der Waals surface area contributed by atoms with Crippen molar-refractivity contribution in [2.24, 2.45) is 0 Å². The van der Waals surface area contributed by atoms with Gasteiger partial charge in [-0.3, -0.25) is 4.79 Å². The molecule has 0 unspecified atom stereocenters. The lowest BCUT2D eigenvalue weighted by molar-refractivity contribution is 0.102. The normalized spacial score (nSPS) is 10.2. The molecule has 1 heterocycles. The van der Waals surface area contributed by atoms with Gasteiger partial charge in [0.15, 0.2) is 0 Å². The average molecular weight is 294 g/mol. The Morgan fingerprint density at radius 2 is 2.05 bits per heavy atom. The maximum absolute atomic E-state index is 12.1. The van der Waals surface area contributed by atoms with E-state index < -0.39 is 0 Å². The van der Waals surface area contributed by atoms with Crippen LogP contribution in [0.25, 0.3) is 0 Å². The molecular formula is C13H12ClN3OS. The van der Waals surface area contributed by atoms with Gasteiger partial charge < -0.3 is 11.1 Å². The summed E-state index contributed by atoms with van der Waals surface area (Å²) in [6.07, 6.45) is 3.36. The first-order valence-corrected chi connectivity index (χ1v) is 7.07. The lowest BCUT2D eigenvalue weighted by atomic mass is 10.2. The van der Waals surface area contributed by atoms with Gasteiger partial charge in [0.2, 0.25) is 0 Å². The molecule has 3 N–H and O–H groups in total. The maximum atomic E-state index is 12.1. The number of carbonyl (C=O) groups is 1. The summed E-state index contributed by atoms with van der Waals surface area (Å²) in [6, 6.07) is 8.99. The molecule has 1 amide bonds. The number of hydrogen-bond acceptors (Lipinski definition) is 4. The largest absolute Gasteiger partial charge is 0.397 e. The molecule has 19 heavy (non-hydrogen) atoms. The van der Waals surface area contributed by atoms with Crippen LogP contribution in [0.15, 0.2) is 41.4 Å². The Balaban J connectivity index is 2.18. The summed E-state index contributed by atoms with van der Waals surface area (Å²) in [6.45, 7) is 0. The molecule has 0 spiro atoms. The van der Waals surface area contributed by atoms with Gasteiger partial charge in [-0.15, -0.1) is 11.8 Å².